The summed E-state index contributed by atoms with van der Waals surface area (Å²) in [7, 11) is 0. The molecule has 1 saturated heterocycles. The second-order valence-corrected chi connectivity index (χ2v) is 7.10. The lowest BCUT2D eigenvalue weighted by molar-refractivity contribution is -0.123. The minimum atomic E-state index is -0.467. The highest BCUT2D eigenvalue weighted by Gasteiger charge is 2.21. The molecule has 1 fully saturated rings. The molecule has 6 heteroatoms. The van der Waals surface area contributed by atoms with E-state index >= 15 is 0 Å². The molecule has 1 aromatic rings. The van der Waals surface area contributed by atoms with Gasteiger partial charge in [0.15, 0.2) is 0 Å². The van der Waals surface area contributed by atoms with E-state index in [9.17, 15) is 9.59 Å². The third-order valence-electron chi connectivity index (χ3n) is 3.77. The van der Waals surface area contributed by atoms with Crippen molar-refractivity contribution in [2.24, 2.45) is 5.41 Å². The van der Waals surface area contributed by atoms with Gasteiger partial charge in [-0.05, 0) is 31.0 Å². The maximum absolute atomic E-state index is 12.0. The molecule has 2 amide bonds. The zero-order chi connectivity index (χ0) is 17.6. The van der Waals surface area contributed by atoms with Crippen LogP contribution < -0.4 is 16.0 Å². The van der Waals surface area contributed by atoms with Gasteiger partial charge in [0.2, 0.25) is 11.8 Å². The van der Waals surface area contributed by atoms with Crippen LogP contribution in [0.25, 0.3) is 0 Å². The summed E-state index contributed by atoms with van der Waals surface area (Å²) < 4.78 is 5.50. The van der Waals surface area contributed by atoms with Gasteiger partial charge in [-0.1, -0.05) is 26.8 Å². The first-order chi connectivity index (χ1) is 11.3. The van der Waals surface area contributed by atoms with Crippen molar-refractivity contribution >= 4 is 23.2 Å². The molecule has 0 bridgehead atoms. The molecule has 6 nitrogen and oxygen atoms in total. The molecule has 3 N–H and O–H groups in total. The van der Waals surface area contributed by atoms with E-state index in [0.717, 1.165) is 19.4 Å². The van der Waals surface area contributed by atoms with Crippen LogP contribution in [0.15, 0.2) is 24.3 Å². The highest BCUT2D eigenvalue weighted by atomic mass is 16.5. The molecule has 1 heterocycles. The Labute approximate surface area is 143 Å². The Balaban J connectivity index is 1.80. The number of nitrogens with one attached hydrogen (secondary N) is 3. The van der Waals surface area contributed by atoms with Crippen LogP contribution in [0.4, 0.5) is 11.4 Å². The number of carbonyl (C=O) groups is 2. The Hall–Kier alpha value is -1.92. The molecule has 1 aromatic carbocycles. The zero-order valence-corrected chi connectivity index (χ0v) is 14.6. The van der Waals surface area contributed by atoms with E-state index in [1.54, 1.807) is 24.3 Å². The molecule has 1 atom stereocenters. The average Bonchev–Trinajstić information content (AvgIpc) is 3.00. The molecule has 1 unspecified atom stereocenters. The molecule has 0 aromatic heterocycles. The first-order valence-electron chi connectivity index (χ1n) is 8.38. The molecule has 1 aliphatic heterocycles. The lowest BCUT2D eigenvalue weighted by Crippen LogP contribution is -2.33. The summed E-state index contributed by atoms with van der Waals surface area (Å²) in [4.78, 5) is 24.0. The van der Waals surface area contributed by atoms with E-state index in [2.05, 4.69) is 16.0 Å². The highest BCUT2D eigenvalue weighted by molar-refractivity contribution is 5.96. The summed E-state index contributed by atoms with van der Waals surface area (Å²) in [6.07, 6.45) is 2.35. The second-order valence-electron chi connectivity index (χ2n) is 7.10. The molecular formula is C18H27N3O3. The summed E-state index contributed by atoms with van der Waals surface area (Å²) in [6, 6.07) is 7.15. The summed E-state index contributed by atoms with van der Waals surface area (Å²) in [5.41, 5.74) is 0.858. The summed E-state index contributed by atoms with van der Waals surface area (Å²) >= 11 is 0. The van der Waals surface area contributed by atoms with E-state index in [-0.39, 0.29) is 24.5 Å². The van der Waals surface area contributed by atoms with Crippen LogP contribution >= 0.6 is 0 Å². The van der Waals surface area contributed by atoms with Crippen molar-refractivity contribution in [1.29, 1.82) is 0 Å². The number of hydrogen-bond acceptors (Lipinski definition) is 4. The lowest BCUT2D eigenvalue weighted by Gasteiger charge is -2.18. The van der Waals surface area contributed by atoms with Crippen LogP contribution in [0.5, 0.6) is 0 Å². The van der Waals surface area contributed by atoms with Crippen LogP contribution in [0.1, 0.15) is 33.6 Å². The smallest absolute Gasteiger partial charge is 0.238 e. The number of anilines is 2. The Kier molecular flexibility index (Phi) is 6.34. The van der Waals surface area contributed by atoms with Gasteiger partial charge in [-0.15, -0.1) is 0 Å². The van der Waals surface area contributed by atoms with Crippen molar-refractivity contribution in [2.75, 3.05) is 30.3 Å². The Morgan fingerprint density at radius 1 is 1.21 bits per heavy atom. The molecule has 0 aliphatic carbocycles. The van der Waals surface area contributed by atoms with Crippen molar-refractivity contribution < 1.29 is 14.3 Å². The van der Waals surface area contributed by atoms with Crippen LogP contribution in [-0.2, 0) is 14.3 Å². The van der Waals surface area contributed by atoms with Crippen molar-refractivity contribution in [2.45, 2.75) is 39.7 Å². The molecule has 24 heavy (non-hydrogen) atoms. The predicted molar refractivity (Wildman–Crippen MR) is 95.0 cm³/mol. The van der Waals surface area contributed by atoms with Crippen LogP contribution in [-0.4, -0.2) is 37.6 Å². The van der Waals surface area contributed by atoms with Crippen LogP contribution in [0.2, 0.25) is 0 Å². The van der Waals surface area contributed by atoms with Gasteiger partial charge in [-0.25, -0.2) is 0 Å². The molecule has 0 saturated carbocycles. The maximum atomic E-state index is 12.0. The standard InChI is InChI=1S/C18H27N3O3/c1-18(2,3)17(23)21-14-7-4-6-13(10-14)20-16(22)12-19-11-15-8-5-9-24-15/h4,6-7,10,15,19H,5,8-9,11-12H2,1-3H3,(H,20,22)(H,21,23). The maximum Gasteiger partial charge on any atom is 0.238 e. The van der Waals surface area contributed by atoms with Gasteiger partial charge in [-0.2, -0.15) is 0 Å². The van der Waals surface area contributed by atoms with Gasteiger partial charge in [0.25, 0.3) is 0 Å². The number of amides is 2. The molecule has 1 aliphatic rings. The number of carbonyl (C=O) groups excluding carboxylic acids is 2. The number of hydrogen-bond donors (Lipinski definition) is 3. The summed E-state index contributed by atoms with van der Waals surface area (Å²) in [5.74, 6) is -0.184. The SMILES string of the molecule is CC(C)(C)C(=O)Nc1cccc(NC(=O)CNCC2CCCO2)c1. The fourth-order valence-corrected chi connectivity index (χ4v) is 2.35. The van der Waals surface area contributed by atoms with E-state index in [4.69, 9.17) is 4.74 Å². The Morgan fingerprint density at radius 2 is 1.92 bits per heavy atom. The lowest BCUT2D eigenvalue weighted by atomic mass is 9.95. The van der Waals surface area contributed by atoms with E-state index < -0.39 is 5.41 Å². The normalized spacial score (nSPS) is 17.5. The average molecular weight is 333 g/mol. The van der Waals surface area contributed by atoms with Gasteiger partial charge in [0, 0.05) is 29.9 Å². The first-order valence-corrected chi connectivity index (χ1v) is 8.38. The zero-order valence-electron chi connectivity index (χ0n) is 14.6. The first kappa shape index (κ1) is 18.4. The van der Waals surface area contributed by atoms with Crippen LogP contribution in [0.3, 0.4) is 0 Å². The molecule has 2 rings (SSSR count). The van der Waals surface area contributed by atoms with Crippen LogP contribution in [0, 0.1) is 5.41 Å². The third-order valence-corrected chi connectivity index (χ3v) is 3.77. The fourth-order valence-electron chi connectivity index (χ4n) is 2.35. The predicted octanol–water partition coefficient (Wildman–Crippen LogP) is 2.38. The fraction of sp³-hybridized carbons (Fsp3) is 0.556. The summed E-state index contributed by atoms with van der Waals surface area (Å²) in [6.45, 7) is 7.30. The summed E-state index contributed by atoms with van der Waals surface area (Å²) in [5, 5.41) is 8.79. The Morgan fingerprint density at radius 3 is 2.54 bits per heavy atom. The molecule has 132 valence electrons. The second kappa shape index (κ2) is 8.26. The van der Waals surface area contributed by atoms with Gasteiger partial charge in [0.1, 0.15) is 0 Å². The van der Waals surface area contributed by atoms with Crippen molar-refractivity contribution in [3.05, 3.63) is 24.3 Å². The van der Waals surface area contributed by atoms with Gasteiger partial charge in [0.05, 0.1) is 12.6 Å². The molecule has 0 spiro atoms. The largest absolute Gasteiger partial charge is 0.377 e. The van der Waals surface area contributed by atoms with Crippen molar-refractivity contribution in [3.63, 3.8) is 0 Å². The van der Waals surface area contributed by atoms with E-state index in [0.29, 0.717) is 17.9 Å². The van der Waals surface area contributed by atoms with E-state index in [1.807, 2.05) is 20.8 Å². The highest BCUT2D eigenvalue weighted by Crippen LogP contribution is 2.20. The molecule has 0 radical (unpaired) electrons. The monoisotopic (exact) mass is 333 g/mol. The molecular weight excluding hydrogens is 306 g/mol. The minimum Gasteiger partial charge on any atom is -0.377 e. The van der Waals surface area contributed by atoms with Gasteiger partial charge >= 0.3 is 0 Å². The van der Waals surface area contributed by atoms with E-state index in [1.165, 1.54) is 0 Å². The van der Waals surface area contributed by atoms with Crippen molar-refractivity contribution in [1.82, 2.24) is 5.32 Å². The quantitative estimate of drug-likeness (QED) is 0.747. The minimum absolute atomic E-state index is 0.0655. The Bertz CT molecular complexity index is 575. The van der Waals surface area contributed by atoms with Gasteiger partial charge < -0.3 is 20.7 Å². The van der Waals surface area contributed by atoms with Crippen molar-refractivity contribution in [3.8, 4) is 0 Å². The number of rotatable bonds is 6. The number of benzene rings is 1. The number of ether oxygens (including phenoxy) is 1. The van der Waals surface area contributed by atoms with Gasteiger partial charge in [-0.3, -0.25) is 9.59 Å². The third kappa shape index (κ3) is 5.94. The topological polar surface area (TPSA) is 79.5 Å².